The van der Waals surface area contributed by atoms with Crippen LogP contribution in [0, 0.1) is 5.92 Å². The van der Waals surface area contributed by atoms with Crippen molar-refractivity contribution in [3.05, 3.63) is 65.7 Å². The van der Waals surface area contributed by atoms with Gasteiger partial charge in [-0.25, -0.2) is 4.79 Å². The number of nitrogens with zero attached hydrogens (tertiary/aromatic N) is 1. The lowest BCUT2D eigenvalue weighted by atomic mass is 10.0. The molecule has 10 nitrogen and oxygen atoms in total. The van der Waals surface area contributed by atoms with Crippen LogP contribution in [0.25, 0.3) is 0 Å². The van der Waals surface area contributed by atoms with E-state index in [-0.39, 0.29) is 18.4 Å². The van der Waals surface area contributed by atoms with Crippen LogP contribution in [0.2, 0.25) is 0 Å². The number of amides is 2. The van der Waals surface area contributed by atoms with Crippen molar-refractivity contribution >= 4 is 18.2 Å². The zero-order valence-electron chi connectivity index (χ0n) is 20.7. The lowest BCUT2D eigenvalue weighted by Gasteiger charge is -2.21. The average Bonchev–Trinajstić information content (AvgIpc) is 2.88. The summed E-state index contributed by atoms with van der Waals surface area (Å²) in [6, 6.07) is 15.7. The molecule has 0 saturated carbocycles. The zero-order valence-corrected chi connectivity index (χ0v) is 20.7. The predicted molar refractivity (Wildman–Crippen MR) is 134 cm³/mol. The van der Waals surface area contributed by atoms with Crippen LogP contribution in [-0.4, -0.2) is 69.0 Å². The van der Waals surface area contributed by atoms with E-state index in [4.69, 9.17) is 24.2 Å². The molecule has 0 aromatic heterocycles. The van der Waals surface area contributed by atoms with Gasteiger partial charge in [0.2, 0.25) is 5.91 Å². The molecule has 0 radical (unpaired) electrons. The highest BCUT2D eigenvalue weighted by Gasteiger charge is 2.24. The van der Waals surface area contributed by atoms with Crippen molar-refractivity contribution in [1.29, 1.82) is 0 Å². The Bertz CT molecular complexity index is 921. The Kier molecular flexibility index (Phi) is 13.4. The third-order valence-electron chi connectivity index (χ3n) is 4.94. The van der Waals surface area contributed by atoms with E-state index < -0.39 is 12.1 Å². The summed E-state index contributed by atoms with van der Waals surface area (Å²) in [6.45, 7) is 6.02. The fourth-order valence-corrected chi connectivity index (χ4v) is 3.04. The molecule has 196 valence electrons. The molecule has 0 saturated heterocycles. The van der Waals surface area contributed by atoms with E-state index >= 15 is 0 Å². The van der Waals surface area contributed by atoms with Gasteiger partial charge >= 0.3 is 6.09 Å². The van der Waals surface area contributed by atoms with Crippen LogP contribution >= 0.6 is 0 Å². The Labute approximate surface area is 211 Å². The number of carbonyl (C=O) groups is 2. The highest BCUT2D eigenvalue weighted by Crippen LogP contribution is 2.11. The fraction of sp³-hybridized carbons (Fsp3) is 0.423. The lowest BCUT2D eigenvalue weighted by Crippen LogP contribution is -2.50. The normalized spacial score (nSPS) is 11.9. The summed E-state index contributed by atoms with van der Waals surface area (Å²) in [4.78, 5) is 24.6. The first-order valence-electron chi connectivity index (χ1n) is 11.8. The second-order valence-electron chi connectivity index (χ2n) is 8.11. The van der Waals surface area contributed by atoms with Crippen LogP contribution < -0.4 is 15.4 Å². The van der Waals surface area contributed by atoms with Gasteiger partial charge in [-0.3, -0.25) is 4.79 Å². The van der Waals surface area contributed by atoms with Crippen molar-refractivity contribution in [3.8, 4) is 5.75 Å². The average molecular weight is 502 g/mol. The molecule has 10 heteroatoms. The van der Waals surface area contributed by atoms with Crippen molar-refractivity contribution in [2.75, 3.05) is 39.6 Å². The maximum absolute atomic E-state index is 12.5. The maximum atomic E-state index is 12.5. The van der Waals surface area contributed by atoms with Crippen LogP contribution in [-0.2, 0) is 25.6 Å². The molecule has 36 heavy (non-hydrogen) atoms. The van der Waals surface area contributed by atoms with Crippen molar-refractivity contribution in [1.82, 2.24) is 10.6 Å². The van der Waals surface area contributed by atoms with Crippen LogP contribution in [0.15, 0.2) is 59.8 Å². The standard InChI is InChI=1S/C26H35N3O7/c1-20(2)24(29-26(31)36-19-22-6-4-3-5-7-22)25(30)27-12-13-33-14-15-34-16-17-35-23-10-8-21(9-11-23)18-28-32/h3-11,18,20,24,32H,12-17,19H2,1-2H3,(H,27,30)(H,29,31)/b28-18+/t24-/m0/s1. The summed E-state index contributed by atoms with van der Waals surface area (Å²) in [7, 11) is 0. The quantitative estimate of drug-likeness (QED) is 0.140. The number of hydrogen-bond acceptors (Lipinski definition) is 8. The van der Waals surface area contributed by atoms with Gasteiger partial charge in [0.15, 0.2) is 0 Å². The molecule has 0 bridgehead atoms. The molecule has 3 N–H and O–H groups in total. The predicted octanol–water partition coefficient (Wildman–Crippen LogP) is 2.97. The molecule has 0 fully saturated rings. The molecule has 0 heterocycles. The van der Waals surface area contributed by atoms with Crippen LogP contribution in [0.4, 0.5) is 4.79 Å². The van der Waals surface area contributed by atoms with E-state index in [1.807, 2.05) is 44.2 Å². The minimum atomic E-state index is -0.712. The van der Waals surface area contributed by atoms with Gasteiger partial charge in [0.05, 0.1) is 32.6 Å². The Morgan fingerprint density at radius 2 is 1.61 bits per heavy atom. The summed E-state index contributed by atoms with van der Waals surface area (Å²) in [6.07, 6.45) is 0.695. The van der Waals surface area contributed by atoms with Gasteiger partial charge in [-0.2, -0.15) is 0 Å². The summed E-state index contributed by atoms with van der Waals surface area (Å²) >= 11 is 0. The zero-order chi connectivity index (χ0) is 26.0. The summed E-state index contributed by atoms with van der Waals surface area (Å²) in [5.41, 5.74) is 1.64. The van der Waals surface area contributed by atoms with Gasteiger partial charge in [-0.05, 0) is 41.3 Å². The number of hydrogen-bond donors (Lipinski definition) is 3. The van der Waals surface area contributed by atoms with Gasteiger partial charge in [0, 0.05) is 6.54 Å². The largest absolute Gasteiger partial charge is 0.491 e. The first-order valence-corrected chi connectivity index (χ1v) is 11.8. The van der Waals surface area contributed by atoms with Gasteiger partial charge in [0.25, 0.3) is 0 Å². The molecule has 1 atom stereocenters. The number of oxime groups is 1. The molecule has 0 aliphatic heterocycles. The number of carbonyl (C=O) groups excluding carboxylic acids is 2. The number of benzene rings is 2. The molecule has 2 rings (SSSR count). The molecule has 0 aliphatic rings. The number of rotatable bonds is 16. The first-order chi connectivity index (χ1) is 17.5. The van der Waals surface area contributed by atoms with Crippen molar-refractivity contribution in [2.45, 2.75) is 26.5 Å². The minimum absolute atomic E-state index is 0.113. The minimum Gasteiger partial charge on any atom is -0.491 e. The van der Waals surface area contributed by atoms with Crippen LogP contribution in [0.3, 0.4) is 0 Å². The third-order valence-corrected chi connectivity index (χ3v) is 4.94. The second kappa shape index (κ2) is 16.9. The Hall–Kier alpha value is -3.63. The van der Waals surface area contributed by atoms with Gasteiger partial charge < -0.3 is 34.8 Å². The Morgan fingerprint density at radius 1 is 0.944 bits per heavy atom. The topological polar surface area (TPSA) is 128 Å². The monoisotopic (exact) mass is 501 g/mol. The molecule has 2 aromatic carbocycles. The summed E-state index contributed by atoms with van der Waals surface area (Å²) in [5, 5.41) is 16.9. The fourth-order valence-electron chi connectivity index (χ4n) is 3.04. The molecular formula is C26H35N3O7. The van der Waals surface area contributed by atoms with E-state index in [0.29, 0.717) is 45.3 Å². The van der Waals surface area contributed by atoms with E-state index in [1.54, 1.807) is 24.3 Å². The Balaban J connectivity index is 1.51. The van der Waals surface area contributed by atoms with Crippen molar-refractivity contribution in [3.63, 3.8) is 0 Å². The third kappa shape index (κ3) is 11.7. The van der Waals surface area contributed by atoms with Crippen molar-refractivity contribution in [2.24, 2.45) is 11.1 Å². The summed E-state index contributed by atoms with van der Waals surface area (Å²) < 4.78 is 21.7. The van der Waals surface area contributed by atoms with E-state index in [1.165, 1.54) is 6.21 Å². The first kappa shape index (κ1) is 28.6. The highest BCUT2D eigenvalue weighted by molar-refractivity contribution is 5.85. The van der Waals surface area contributed by atoms with E-state index in [2.05, 4.69) is 15.8 Å². The number of nitrogens with one attached hydrogen (secondary N) is 2. The molecule has 0 unspecified atom stereocenters. The maximum Gasteiger partial charge on any atom is 0.408 e. The second-order valence-corrected chi connectivity index (χ2v) is 8.11. The SMILES string of the molecule is CC(C)[C@H](NC(=O)OCc1ccccc1)C(=O)NCCOCCOCCOc1ccc(/C=N/O)cc1. The molecule has 2 amide bonds. The van der Waals surface area contributed by atoms with Crippen LogP contribution in [0.5, 0.6) is 5.75 Å². The Morgan fingerprint density at radius 3 is 2.28 bits per heavy atom. The highest BCUT2D eigenvalue weighted by atomic mass is 16.6. The molecule has 2 aromatic rings. The van der Waals surface area contributed by atoms with Crippen molar-refractivity contribution < 1.29 is 33.7 Å². The molecule has 0 spiro atoms. The van der Waals surface area contributed by atoms with Gasteiger partial charge in [0.1, 0.15) is 25.0 Å². The molecular weight excluding hydrogens is 466 g/mol. The van der Waals surface area contributed by atoms with Gasteiger partial charge in [-0.15, -0.1) is 0 Å². The number of alkyl carbamates (subject to hydrolysis) is 1. The van der Waals surface area contributed by atoms with Crippen LogP contribution in [0.1, 0.15) is 25.0 Å². The van der Waals surface area contributed by atoms with E-state index in [9.17, 15) is 9.59 Å². The number of ether oxygens (including phenoxy) is 4. The smallest absolute Gasteiger partial charge is 0.408 e. The van der Waals surface area contributed by atoms with E-state index in [0.717, 1.165) is 11.1 Å². The summed E-state index contributed by atoms with van der Waals surface area (Å²) in [5.74, 6) is 0.285. The molecule has 0 aliphatic carbocycles. The van der Waals surface area contributed by atoms with Gasteiger partial charge in [-0.1, -0.05) is 49.3 Å². The lowest BCUT2D eigenvalue weighted by molar-refractivity contribution is -0.124.